The summed E-state index contributed by atoms with van der Waals surface area (Å²) >= 11 is 1.83. The van der Waals surface area contributed by atoms with Crippen LogP contribution in [0.25, 0.3) is 0 Å². The van der Waals surface area contributed by atoms with Crippen molar-refractivity contribution < 1.29 is 0 Å². The molecule has 1 aromatic heterocycles. The second-order valence-electron chi connectivity index (χ2n) is 4.47. The van der Waals surface area contributed by atoms with Crippen molar-refractivity contribution in [2.45, 2.75) is 39.8 Å². The highest BCUT2D eigenvalue weighted by Gasteiger charge is 2.13. The summed E-state index contributed by atoms with van der Waals surface area (Å²) in [6.07, 6.45) is 1.17. The average Bonchev–Trinajstić information content (AvgIpc) is 2.54. The van der Waals surface area contributed by atoms with Gasteiger partial charge in [-0.3, -0.25) is 0 Å². The van der Waals surface area contributed by atoms with Gasteiger partial charge in [-0.1, -0.05) is 6.92 Å². The van der Waals surface area contributed by atoms with Crippen LogP contribution in [0, 0.1) is 6.92 Å². The maximum Gasteiger partial charge on any atom is 0.107 e. The normalized spacial score (nSPS) is 13.4. The summed E-state index contributed by atoms with van der Waals surface area (Å²) in [5, 5.41) is 4.72. The van der Waals surface area contributed by atoms with E-state index in [4.69, 9.17) is 0 Å². The number of rotatable bonds is 6. The Morgan fingerprint density at radius 1 is 1.44 bits per heavy atom. The van der Waals surface area contributed by atoms with Gasteiger partial charge in [-0.05, 0) is 40.9 Å². The number of hydrogen-bond acceptors (Lipinski definition) is 4. The first-order valence-electron chi connectivity index (χ1n) is 5.89. The van der Waals surface area contributed by atoms with E-state index in [0.717, 1.165) is 13.1 Å². The summed E-state index contributed by atoms with van der Waals surface area (Å²) in [7, 11) is 4.16. The fourth-order valence-corrected chi connectivity index (χ4v) is 2.87. The molecule has 0 aromatic carbocycles. The predicted octanol–water partition coefficient (Wildman–Crippen LogP) is 2.57. The van der Waals surface area contributed by atoms with Crippen LogP contribution in [0.4, 0.5) is 0 Å². The number of aromatic nitrogens is 1. The summed E-state index contributed by atoms with van der Waals surface area (Å²) in [5.74, 6) is 0. The highest BCUT2D eigenvalue weighted by atomic mass is 32.1. The highest BCUT2D eigenvalue weighted by molar-refractivity contribution is 7.11. The smallest absolute Gasteiger partial charge is 0.107 e. The van der Waals surface area contributed by atoms with Gasteiger partial charge in [-0.25, -0.2) is 4.98 Å². The van der Waals surface area contributed by atoms with Crippen molar-refractivity contribution in [3.05, 3.63) is 15.6 Å². The fourth-order valence-electron chi connectivity index (χ4n) is 1.66. The van der Waals surface area contributed by atoms with Crippen LogP contribution in [0.2, 0.25) is 0 Å². The largest absolute Gasteiger partial charge is 0.309 e. The molecule has 92 valence electrons. The second kappa shape index (κ2) is 6.33. The van der Waals surface area contributed by atoms with Crippen molar-refractivity contribution in [2.75, 3.05) is 20.6 Å². The summed E-state index contributed by atoms with van der Waals surface area (Å²) < 4.78 is 0. The molecule has 1 N–H and O–H groups in total. The third kappa shape index (κ3) is 3.85. The molecule has 1 aromatic rings. The first-order chi connectivity index (χ1) is 7.54. The van der Waals surface area contributed by atoms with Gasteiger partial charge in [0.05, 0.1) is 5.69 Å². The molecule has 3 nitrogen and oxygen atoms in total. The van der Waals surface area contributed by atoms with E-state index in [9.17, 15) is 0 Å². The zero-order chi connectivity index (χ0) is 12.1. The van der Waals surface area contributed by atoms with Crippen molar-refractivity contribution >= 4 is 11.3 Å². The van der Waals surface area contributed by atoms with E-state index < -0.39 is 0 Å². The lowest BCUT2D eigenvalue weighted by Gasteiger charge is -2.11. The van der Waals surface area contributed by atoms with Crippen LogP contribution in [0.1, 0.15) is 41.9 Å². The van der Waals surface area contributed by atoms with Gasteiger partial charge in [-0.15, -0.1) is 11.3 Å². The van der Waals surface area contributed by atoms with Crippen molar-refractivity contribution in [1.29, 1.82) is 0 Å². The Morgan fingerprint density at radius 2 is 2.12 bits per heavy atom. The zero-order valence-corrected chi connectivity index (χ0v) is 11.8. The molecule has 0 aliphatic rings. The van der Waals surface area contributed by atoms with E-state index in [2.05, 4.69) is 50.1 Å². The van der Waals surface area contributed by atoms with Crippen LogP contribution < -0.4 is 5.32 Å². The molecule has 0 spiro atoms. The molecule has 4 heteroatoms. The van der Waals surface area contributed by atoms with Crippen molar-refractivity contribution in [1.82, 2.24) is 15.2 Å². The molecule has 16 heavy (non-hydrogen) atoms. The van der Waals surface area contributed by atoms with Gasteiger partial charge in [0.1, 0.15) is 5.01 Å². The Labute approximate surface area is 103 Å². The van der Waals surface area contributed by atoms with Crippen LogP contribution in [0.3, 0.4) is 0 Å². The molecule has 0 saturated carbocycles. The quantitative estimate of drug-likeness (QED) is 0.829. The van der Waals surface area contributed by atoms with Crippen LogP contribution in [0.15, 0.2) is 0 Å². The first-order valence-corrected chi connectivity index (χ1v) is 6.70. The second-order valence-corrected chi connectivity index (χ2v) is 5.59. The Balaban J connectivity index is 2.68. The maximum absolute atomic E-state index is 4.62. The average molecular weight is 241 g/mol. The van der Waals surface area contributed by atoms with E-state index in [1.54, 1.807) is 0 Å². The third-order valence-corrected chi connectivity index (χ3v) is 3.75. The Morgan fingerprint density at radius 3 is 2.69 bits per heavy atom. The molecule has 1 atom stereocenters. The molecule has 0 fully saturated rings. The molecule has 0 amide bonds. The van der Waals surface area contributed by atoms with Crippen LogP contribution in [0.5, 0.6) is 0 Å². The van der Waals surface area contributed by atoms with Crippen LogP contribution in [-0.2, 0) is 6.54 Å². The number of thiazole rings is 1. The lowest BCUT2D eigenvalue weighted by atomic mass is 10.2. The molecular weight excluding hydrogens is 218 g/mol. The minimum absolute atomic E-state index is 0.424. The van der Waals surface area contributed by atoms with Gasteiger partial charge in [0, 0.05) is 17.5 Å². The lowest BCUT2D eigenvalue weighted by Crippen LogP contribution is -2.18. The fraction of sp³-hybridized carbons (Fsp3) is 0.750. The van der Waals surface area contributed by atoms with Crippen LogP contribution in [-0.4, -0.2) is 30.5 Å². The van der Waals surface area contributed by atoms with E-state index in [1.165, 1.54) is 22.0 Å². The van der Waals surface area contributed by atoms with Gasteiger partial charge in [0.25, 0.3) is 0 Å². The first kappa shape index (κ1) is 13.6. The summed E-state index contributed by atoms with van der Waals surface area (Å²) in [6.45, 7) is 8.52. The number of nitrogens with zero attached hydrogens (tertiary/aromatic N) is 2. The van der Waals surface area contributed by atoms with Gasteiger partial charge in [0.15, 0.2) is 0 Å². The van der Waals surface area contributed by atoms with E-state index in [1.807, 2.05) is 11.3 Å². The zero-order valence-electron chi connectivity index (χ0n) is 11.0. The SMILES string of the molecule is CCCNC(C)c1sc(CN(C)C)nc1C. The van der Waals surface area contributed by atoms with Crippen LogP contribution >= 0.6 is 11.3 Å². The molecule has 0 aliphatic carbocycles. The Hall–Kier alpha value is -0.450. The minimum atomic E-state index is 0.424. The lowest BCUT2D eigenvalue weighted by molar-refractivity contribution is 0.401. The highest BCUT2D eigenvalue weighted by Crippen LogP contribution is 2.25. The molecular formula is C12H23N3S. The minimum Gasteiger partial charge on any atom is -0.309 e. The maximum atomic E-state index is 4.62. The molecule has 1 rings (SSSR count). The summed E-state index contributed by atoms with van der Waals surface area (Å²) in [4.78, 5) is 8.16. The number of hydrogen-bond donors (Lipinski definition) is 1. The number of nitrogens with one attached hydrogen (secondary N) is 1. The standard InChI is InChI=1S/C12H23N3S/c1-6-7-13-9(2)12-10(3)14-11(16-12)8-15(4)5/h9,13H,6-8H2,1-5H3. The molecule has 1 heterocycles. The summed E-state index contributed by atoms with van der Waals surface area (Å²) in [6, 6.07) is 0.424. The van der Waals surface area contributed by atoms with E-state index in [0.29, 0.717) is 6.04 Å². The predicted molar refractivity (Wildman–Crippen MR) is 71.0 cm³/mol. The van der Waals surface area contributed by atoms with Gasteiger partial charge in [-0.2, -0.15) is 0 Å². The number of aryl methyl sites for hydroxylation is 1. The van der Waals surface area contributed by atoms with E-state index in [-0.39, 0.29) is 0 Å². The Bertz CT molecular complexity index is 320. The monoisotopic (exact) mass is 241 g/mol. The third-order valence-electron chi connectivity index (χ3n) is 2.42. The van der Waals surface area contributed by atoms with Gasteiger partial charge in [0.2, 0.25) is 0 Å². The molecule has 0 bridgehead atoms. The summed E-state index contributed by atoms with van der Waals surface area (Å²) in [5.41, 5.74) is 1.18. The topological polar surface area (TPSA) is 28.2 Å². The van der Waals surface area contributed by atoms with Gasteiger partial charge < -0.3 is 10.2 Å². The van der Waals surface area contributed by atoms with Crippen molar-refractivity contribution in [3.63, 3.8) is 0 Å². The molecule has 0 saturated heterocycles. The molecule has 0 radical (unpaired) electrons. The van der Waals surface area contributed by atoms with E-state index >= 15 is 0 Å². The molecule has 0 aliphatic heterocycles. The Kier molecular flexibility index (Phi) is 5.38. The molecule has 1 unspecified atom stereocenters. The van der Waals surface area contributed by atoms with Gasteiger partial charge >= 0.3 is 0 Å². The van der Waals surface area contributed by atoms with Crippen molar-refractivity contribution in [2.24, 2.45) is 0 Å². The van der Waals surface area contributed by atoms with Crippen molar-refractivity contribution in [3.8, 4) is 0 Å².